The van der Waals surface area contributed by atoms with Gasteiger partial charge in [-0.25, -0.2) is 4.31 Å². The van der Waals surface area contributed by atoms with Gasteiger partial charge >= 0.3 is 0 Å². The van der Waals surface area contributed by atoms with Gasteiger partial charge < -0.3 is 5.32 Å². The minimum atomic E-state index is -2.41. The Labute approximate surface area is 68.1 Å². The first kappa shape index (κ1) is 7.82. The second kappa shape index (κ2) is 2.11. The molecule has 0 aromatic rings. The third-order valence-corrected chi connectivity index (χ3v) is 3.75. The highest BCUT2D eigenvalue weighted by Gasteiger charge is 2.50. The average Bonchev–Trinajstić information content (AvgIpc) is 1.49. The molecular formula is C6H14N2O2S. The Bertz CT molecular complexity index is 168. The highest BCUT2D eigenvalue weighted by Crippen LogP contribution is 2.49. The molecule has 0 amide bonds. The van der Waals surface area contributed by atoms with E-state index in [0.717, 1.165) is 26.2 Å². The maximum Gasteiger partial charge on any atom is 0.0418 e. The summed E-state index contributed by atoms with van der Waals surface area (Å²) in [4.78, 5) is 0. The highest BCUT2D eigenvalue weighted by molar-refractivity contribution is 8.21. The summed E-state index contributed by atoms with van der Waals surface area (Å²) in [6.07, 6.45) is 1.49. The quantitative estimate of drug-likeness (QED) is 0.536. The number of nitrogens with one attached hydrogen (secondary N) is 1. The molecule has 4 nitrogen and oxygen atoms in total. The van der Waals surface area contributed by atoms with Crippen LogP contribution in [-0.4, -0.2) is 45.8 Å². The Morgan fingerprint density at radius 3 is 2.18 bits per heavy atom. The zero-order chi connectivity index (χ0) is 8.11. The van der Waals surface area contributed by atoms with Crippen LogP contribution in [0.3, 0.4) is 0 Å². The van der Waals surface area contributed by atoms with Crippen LogP contribution in [0.15, 0.2) is 0 Å². The summed E-state index contributed by atoms with van der Waals surface area (Å²) in [6.45, 7) is 3.77. The molecule has 0 radical (unpaired) electrons. The molecule has 0 saturated carbocycles. The van der Waals surface area contributed by atoms with Crippen molar-refractivity contribution in [1.29, 1.82) is 0 Å². The summed E-state index contributed by atoms with van der Waals surface area (Å²) in [6, 6.07) is 0. The fraction of sp³-hybridized carbons (Fsp3) is 1.00. The topological polar surface area (TPSA) is 55.7 Å². The lowest BCUT2D eigenvalue weighted by molar-refractivity contribution is 0.0104. The van der Waals surface area contributed by atoms with Crippen molar-refractivity contribution in [3.8, 4) is 0 Å². The van der Waals surface area contributed by atoms with E-state index in [1.54, 1.807) is 4.31 Å². The first-order chi connectivity index (χ1) is 5.02. The molecule has 0 aromatic heterocycles. The SMILES string of the molecule is CS(O)(O)N1CC2(CNC2)C1. The predicted molar refractivity (Wildman–Crippen MR) is 45.6 cm³/mol. The van der Waals surface area contributed by atoms with Crippen molar-refractivity contribution in [2.24, 2.45) is 5.41 Å². The van der Waals surface area contributed by atoms with Crippen LogP contribution < -0.4 is 5.32 Å². The van der Waals surface area contributed by atoms with Gasteiger partial charge in [0, 0.05) is 37.8 Å². The molecule has 0 aliphatic carbocycles. The smallest absolute Gasteiger partial charge is 0.0418 e. The van der Waals surface area contributed by atoms with Crippen LogP contribution in [0.1, 0.15) is 0 Å². The van der Waals surface area contributed by atoms with Crippen molar-refractivity contribution >= 4 is 10.8 Å². The molecule has 2 heterocycles. The van der Waals surface area contributed by atoms with E-state index in [2.05, 4.69) is 5.32 Å². The largest absolute Gasteiger partial charge is 0.315 e. The minimum absolute atomic E-state index is 0.389. The molecule has 66 valence electrons. The van der Waals surface area contributed by atoms with Crippen molar-refractivity contribution in [1.82, 2.24) is 9.62 Å². The second-order valence-electron chi connectivity index (χ2n) is 3.69. The predicted octanol–water partition coefficient (Wildman–Crippen LogP) is 0.187. The monoisotopic (exact) mass is 178 g/mol. The molecule has 11 heavy (non-hydrogen) atoms. The van der Waals surface area contributed by atoms with E-state index in [1.165, 1.54) is 6.26 Å². The number of hydrogen-bond donors (Lipinski definition) is 3. The van der Waals surface area contributed by atoms with E-state index < -0.39 is 10.8 Å². The molecule has 1 spiro atoms. The average molecular weight is 178 g/mol. The Balaban J connectivity index is 1.88. The van der Waals surface area contributed by atoms with Crippen LogP contribution in [-0.2, 0) is 0 Å². The van der Waals surface area contributed by atoms with Crippen molar-refractivity contribution in [2.75, 3.05) is 32.4 Å². The maximum absolute atomic E-state index is 9.23. The van der Waals surface area contributed by atoms with Crippen molar-refractivity contribution < 1.29 is 9.11 Å². The number of rotatable bonds is 1. The molecule has 0 atom stereocenters. The first-order valence-electron chi connectivity index (χ1n) is 3.71. The number of nitrogens with zero attached hydrogens (tertiary/aromatic N) is 1. The lowest BCUT2D eigenvalue weighted by atomic mass is 9.76. The first-order valence-corrected chi connectivity index (χ1v) is 5.62. The van der Waals surface area contributed by atoms with Crippen LogP contribution in [0, 0.1) is 5.41 Å². The zero-order valence-electron chi connectivity index (χ0n) is 6.58. The maximum atomic E-state index is 9.23. The fourth-order valence-corrected chi connectivity index (χ4v) is 2.69. The Hall–Kier alpha value is 0.190. The van der Waals surface area contributed by atoms with Crippen LogP contribution in [0.4, 0.5) is 0 Å². The fourth-order valence-electron chi connectivity index (χ4n) is 1.65. The Morgan fingerprint density at radius 2 is 1.91 bits per heavy atom. The molecule has 2 rings (SSSR count). The van der Waals surface area contributed by atoms with Gasteiger partial charge in [-0.2, -0.15) is 0 Å². The summed E-state index contributed by atoms with van der Waals surface area (Å²) in [5.74, 6) is 0. The zero-order valence-corrected chi connectivity index (χ0v) is 7.39. The van der Waals surface area contributed by atoms with Gasteiger partial charge in [0.05, 0.1) is 0 Å². The van der Waals surface area contributed by atoms with Gasteiger partial charge in [-0.3, -0.25) is 9.11 Å². The minimum Gasteiger partial charge on any atom is -0.315 e. The van der Waals surface area contributed by atoms with E-state index in [4.69, 9.17) is 0 Å². The van der Waals surface area contributed by atoms with E-state index >= 15 is 0 Å². The molecule has 3 N–H and O–H groups in total. The van der Waals surface area contributed by atoms with Crippen molar-refractivity contribution in [3.05, 3.63) is 0 Å². The molecule has 2 aliphatic heterocycles. The normalized spacial score (nSPS) is 31.2. The standard InChI is InChI=1S/C6H14N2O2S/c1-11(9,10)8-4-6(5-8)2-7-3-6/h7,9-10H,2-5H2,1H3. The van der Waals surface area contributed by atoms with Crippen LogP contribution >= 0.6 is 10.8 Å². The molecule has 5 heteroatoms. The van der Waals surface area contributed by atoms with E-state index in [1.807, 2.05) is 0 Å². The van der Waals surface area contributed by atoms with Gasteiger partial charge in [-0.1, -0.05) is 0 Å². The Morgan fingerprint density at radius 1 is 1.36 bits per heavy atom. The Kier molecular flexibility index (Phi) is 1.50. The summed E-state index contributed by atoms with van der Waals surface area (Å²) >= 11 is 0. The van der Waals surface area contributed by atoms with Gasteiger partial charge in [0.1, 0.15) is 0 Å². The van der Waals surface area contributed by atoms with Crippen LogP contribution in [0.5, 0.6) is 0 Å². The van der Waals surface area contributed by atoms with Crippen LogP contribution in [0.25, 0.3) is 0 Å². The summed E-state index contributed by atoms with van der Waals surface area (Å²) in [7, 11) is -2.41. The third kappa shape index (κ3) is 1.17. The molecule has 0 unspecified atom stereocenters. The van der Waals surface area contributed by atoms with E-state index in [0.29, 0.717) is 5.41 Å². The van der Waals surface area contributed by atoms with Gasteiger partial charge in [0.2, 0.25) is 0 Å². The van der Waals surface area contributed by atoms with Gasteiger partial charge in [0.15, 0.2) is 0 Å². The van der Waals surface area contributed by atoms with E-state index in [9.17, 15) is 9.11 Å². The summed E-state index contributed by atoms with van der Waals surface area (Å²) in [5.41, 5.74) is 0.389. The van der Waals surface area contributed by atoms with Crippen molar-refractivity contribution in [3.63, 3.8) is 0 Å². The molecule has 2 aliphatic rings. The number of hydrogen-bond acceptors (Lipinski definition) is 4. The van der Waals surface area contributed by atoms with E-state index in [-0.39, 0.29) is 0 Å². The highest BCUT2D eigenvalue weighted by atomic mass is 32.3. The second-order valence-corrected chi connectivity index (χ2v) is 5.80. The molecule has 0 bridgehead atoms. The molecule has 2 saturated heterocycles. The van der Waals surface area contributed by atoms with Gasteiger partial charge in [-0.05, 0) is 0 Å². The lowest BCUT2D eigenvalue weighted by Gasteiger charge is -2.60. The molecule has 2 fully saturated rings. The molecular weight excluding hydrogens is 164 g/mol. The van der Waals surface area contributed by atoms with Gasteiger partial charge in [0.25, 0.3) is 0 Å². The summed E-state index contributed by atoms with van der Waals surface area (Å²) < 4.78 is 20.2. The summed E-state index contributed by atoms with van der Waals surface area (Å²) in [5, 5.41) is 3.20. The van der Waals surface area contributed by atoms with Crippen LogP contribution in [0.2, 0.25) is 0 Å². The van der Waals surface area contributed by atoms with Crippen molar-refractivity contribution in [2.45, 2.75) is 0 Å². The lowest BCUT2D eigenvalue weighted by Crippen LogP contribution is -2.70. The third-order valence-electron chi connectivity index (χ3n) is 2.51. The van der Waals surface area contributed by atoms with Gasteiger partial charge in [-0.15, -0.1) is 10.8 Å². The molecule has 0 aromatic carbocycles.